The van der Waals surface area contributed by atoms with Crippen LogP contribution in [0.4, 0.5) is 0 Å². The Morgan fingerprint density at radius 2 is 1.52 bits per heavy atom. The van der Waals surface area contributed by atoms with E-state index in [-0.39, 0.29) is 6.54 Å². The molecular formula is C26H21ClN2O4. The van der Waals surface area contributed by atoms with Crippen molar-refractivity contribution in [3.8, 4) is 5.75 Å². The van der Waals surface area contributed by atoms with Crippen LogP contribution in [0.1, 0.15) is 16.7 Å². The monoisotopic (exact) mass is 460 g/mol. The van der Waals surface area contributed by atoms with Crippen LogP contribution >= 0.6 is 11.6 Å². The number of rotatable bonds is 7. The Bertz CT molecular complexity index is 1380. The average molecular weight is 461 g/mol. The van der Waals surface area contributed by atoms with Crippen molar-refractivity contribution in [3.05, 3.63) is 134 Å². The zero-order valence-electron chi connectivity index (χ0n) is 17.7. The highest BCUT2D eigenvalue weighted by Crippen LogP contribution is 2.25. The van der Waals surface area contributed by atoms with Gasteiger partial charge < -0.3 is 4.74 Å². The Hall–Kier alpha value is -3.90. The SMILES string of the molecule is O=C(Cn1c(=O)ccn(Cc2ccccc2)c1=O)Oc1ccc(Cl)cc1Cc1ccccc1. The van der Waals surface area contributed by atoms with Crippen molar-refractivity contribution in [1.82, 2.24) is 9.13 Å². The van der Waals surface area contributed by atoms with E-state index in [0.717, 1.165) is 21.3 Å². The van der Waals surface area contributed by atoms with Crippen molar-refractivity contribution in [3.63, 3.8) is 0 Å². The molecule has 0 N–H and O–H groups in total. The summed E-state index contributed by atoms with van der Waals surface area (Å²) < 4.78 is 7.79. The largest absolute Gasteiger partial charge is 0.425 e. The third kappa shape index (κ3) is 5.67. The third-order valence-electron chi connectivity index (χ3n) is 5.11. The van der Waals surface area contributed by atoms with Crippen LogP contribution in [0.5, 0.6) is 5.75 Å². The van der Waals surface area contributed by atoms with Crippen molar-refractivity contribution < 1.29 is 9.53 Å². The zero-order valence-corrected chi connectivity index (χ0v) is 18.4. The minimum atomic E-state index is -0.719. The molecule has 33 heavy (non-hydrogen) atoms. The second-order valence-corrected chi connectivity index (χ2v) is 7.96. The molecule has 0 aliphatic carbocycles. The molecule has 0 spiro atoms. The van der Waals surface area contributed by atoms with Gasteiger partial charge in [0.1, 0.15) is 12.3 Å². The molecule has 0 aliphatic rings. The zero-order chi connectivity index (χ0) is 23.2. The number of carbonyl (C=O) groups is 1. The molecule has 0 amide bonds. The normalized spacial score (nSPS) is 10.7. The minimum absolute atomic E-state index is 0.285. The van der Waals surface area contributed by atoms with Gasteiger partial charge in [0.15, 0.2) is 0 Å². The average Bonchev–Trinajstić information content (AvgIpc) is 2.82. The van der Waals surface area contributed by atoms with Crippen LogP contribution in [0.2, 0.25) is 5.02 Å². The summed E-state index contributed by atoms with van der Waals surface area (Å²) in [6, 6.07) is 25.3. The molecule has 1 aromatic heterocycles. The molecule has 0 aliphatic heterocycles. The Morgan fingerprint density at radius 3 is 2.21 bits per heavy atom. The molecule has 0 saturated heterocycles. The molecule has 1 heterocycles. The van der Waals surface area contributed by atoms with Gasteiger partial charge in [-0.25, -0.2) is 14.2 Å². The number of hydrogen-bond acceptors (Lipinski definition) is 4. The molecule has 0 radical (unpaired) electrons. The maximum Gasteiger partial charge on any atom is 0.331 e. The van der Waals surface area contributed by atoms with Crippen molar-refractivity contribution in [2.45, 2.75) is 19.5 Å². The first-order valence-corrected chi connectivity index (χ1v) is 10.7. The number of halogens is 1. The lowest BCUT2D eigenvalue weighted by Crippen LogP contribution is -2.41. The van der Waals surface area contributed by atoms with Crippen LogP contribution in [-0.2, 0) is 24.3 Å². The first-order valence-electron chi connectivity index (χ1n) is 10.4. The summed E-state index contributed by atoms with van der Waals surface area (Å²) in [7, 11) is 0. The smallest absolute Gasteiger partial charge is 0.331 e. The summed E-state index contributed by atoms with van der Waals surface area (Å²) >= 11 is 6.14. The second kappa shape index (κ2) is 10.1. The molecule has 4 aromatic rings. The van der Waals surface area contributed by atoms with E-state index < -0.39 is 23.8 Å². The van der Waals surface area contributed by atoms with Gasteiger partial charge in [-0.3, -0.25) is 9.36 Å². The van der Waals surface area contributed by atoms with Gasteiger partial charge in [-0.05, 0) is 29.3 Å². The van der Waals surface area contributed by atoms with E-state index in [1.165, 1.54) is 16.8 Å². The van der Waals surface area contributed by atoms with Gasteiger partial charge in [-0.2, -0.15) is 0 Å². The van der Waals surface area contributed by atoms with E-state index in [9.17, 15) is 14.4 Å². The molecular weight excluding hydrogens is 440 g/mol. The summed E-state index contributed by atoms with van der Waals surface area (Å²) in [5.74, 6) is -0.384. The summed E-state index contributed by atoms with van der Waals surface area (Å²) in [4.78, 5) is 37.8. The molecule has 0 fully saturated rings. The number of nitrogens with zero attached hydrogens (tertiary/aromatic N) is 2. The van der Waals surface area contributed by atoms with Crippen molar-refractivity contribution in [2.24, 2.45) is 0 Å². The number of aromatic nitrogens is 2. The lowest BCUT2D eigenvalue weighted by atomic mass is 10.0. The van der Waals surface area contributed by atoms with Gasteiger partial charge in [0.05, 0.1) is 6.54 Å². The quantitative estimate of drug-likeness (QED) is 0.310. The lowest BCUT2D eigenvalue weighted by Gasteiger charge is -2.12. The van der Waals surface area contributed by atoms with E-state index in [0.29, 0.717) is 17.2 Å². The third-order valence-corrected chi connectivity index (χ3v) is 5.34. The van der Waals surface area contributed by atoms with E-state index in [1.54, 1.807) is 18.2 Å². The Balaban J connectivity index is 1.54. The molecule has 3 aromatic carbocycles. The number of ether oxygens (including phenoxy) is 1. The first kappa shape index (κ1) is 22.3. The van der Waals surface area contributed by atoms with Gasteiger partial charge in [-0.1, -0.05) is 72.3 Å². The van der Waals surface area contributed by atoms with Crippen LogP contribution in [0.3, 0.4) is 0 Å². The molecule has 0 saturated carbocycles. The molecule has 4 rings (SSSR count). The number of carbonyl (C=O) groups excluding carboxylic acids is 1. The lowest BCUT2D eigenvalue weighted by molar-refractivity contribution is -0.135. The maximum atomic E-state index is 12.8. The molecule has 166 valence electrons. The van der Waals surface area contributed by atoms with Crippen LogP contribution in [0, 0.1) is 0 Å². The van der Waals surface area contributed by atoms with Gasteiger partial charge in [0.2, 0.25) is 0 Å². The maximum absolute atomic E-state index is 12.8. The van der Waals surface area contributed by atoms with Crippen LogP contribution in [0.25, 0.3) is 0 Å². The number of benzene rings is 3. The summed E-state index contributed by atoms with van der Waals surface area (Å²) in [6.07, 6.45) is 1.94. The first-order chi connectivity index (χ1) is 16.0. The molecule has 0 unspecified atom stereocenters. The van der Waals surface area contributed by atoms with Gasteiger partial charge >= 0.3 is 11.7 Å². The Labute approximate surface area is 195 Å². The molecule has 0 atom stereocenters. The minimum Gasteiger partial charge on any atom is -0.425 e. The highest BCUT2D eigenvalue weighted by molar-refractivity contribution is 6.30. The van der Waals surface area contributed by atoms with Gasteiger partial charge in [-0.15, -0.1) is 0 Å². The number of esters is 1. The standard InChI is InChI=1S/C26H21ClN2O4/c27-22-11-12-23(21(16-22)15-19-7-3-1-4-8-19)33-25(31)18-29-24(30)13-14-28(26(29)32)17-20-9-5-2-6-10-20/h1-14,16H,15,17-18H2. The highest BCUT2D eigenvalue weighted by atomic mass is 35.5. The van der Waals surface area contributed by atoms with E-state index in [4.69, 9.17) is 16.3 Å². The fourth-order valence-corrected chi connectivity index (χ4v) is 3.68. The van der Waals surface area contributed by atoms with E-state index >= 15 is 0 Å². The fraction of sp³-hybridized carbons (Fsp3) is 0.115. The van der Waals surface area contributed by atoms with Gasteiger partial charge in [0.25, 0.3) is 5.56 Å². The van der Waals surface area contributed by atoms with Crippen molar-refractivity contribution in [2.75, 3.05) is 0 Å². The second-order valence-electron chi connectivity index (χ2n) is 7.52. The predicted octanol–water partition coefficient (Wildman–Crippen LogP) is 3.91. The predicted molar refractivity (Wildman–Crippen MR) is 127 cm³/mol. The van der Waals surface area contributed by atoms with E-state index in [1.807, 2.05) is 60.7 Å². The van der Waals surface area contributed by atoms with Crippen LogP contribution < -0.4 is 16.0 Å². The summed E-state index contributed by atoms with van der Waals surface area (Å²) in [5, 5.41) is 0.517. The Morgan fingerprint density at radius 1 is 0.848 bits per heavy atom. The Kier molecular flexibility index (Phi) is 6.86. The molecule has 6 nitrogen and oxygen atoms in total. The molecule has 7 heteroatoms. The van der Waals surface area contributed by atoms with Crippen molar-refractivity contribution in [1.29, 1.82) is 0 Å². The molecule has 0 bridgehead atoms. The van der Waals surface area contributed by atoms with Crippen LogP contribution in [-0.4, -0.2) is 15.1 Å². The number of hydrogen-bond donors (Lipinski definition) is 0. The summed E-state index contributed by atoms with van der Waals surface area (Å²) in [6.45, 7) is -0.214. The van der Waals surface area contributed by atoms with Crippen LogP contribution in [0.15, 0.2) is 101 Å². The summed E-state index contributed by atoms with van der Waals surface area (Å²) in [5.41, 5.74) is 1.51. The van der Waals surface area contributed by atoms with Crippen molar-refractivity contribution >= 4 is 17.6 Å². The fourth-order valence-electron chi connectivity index (χ4n) is 3.49. The highest BCUT2D eigenvalue weighted by Gasteiger charge is 2.15. The topological polar surface area (TPSA) is 70.3 Å². The van der Waals surface area contributed by atoms with E-state index in [2.05, 4.69) is 0 Å². The van der Waals surface area contributed by atoms with Gasteiger partial charge in [0, 0.05) is 29.3 Å².